The number of aromatic nitrogens is 2. The summed E-state index contributed by atoms with van der Waals surface area (Å²) in [7, 11) is 1.98. The summed E-state index contributed by atoms with van der Waals surface area (Å²) in [5.74, 6) is -0.0926. The maximum Gasteiger partial charge on any atom is 0.409 e. The van der Waals surface area contributed by atoms with Gasteiger partial charge in [-0.05, 0) is 37.6 Å². The molecule has 3 heterocycles. The Balaban J connectivity index is 1.57. The Labute approximate surface area is 204 Å². The van der Waals surface area contributed by atoms with E-state index in [0.717, 1.165) is 34.5 Å². The third kappa shape index (κ3) is 4.60. The average Bonchev–Trinajstić information content (AvgIpc) is 3.15. The smallest absolute Gasteiger partial charge is 0.409 e. The molecule has 0 radical (unpaired) electrons. The molecule has 2 N–H and O–H groups in total. The number of piperazine rings is 1. The number of pyridine rings is 1. The zero-order valence-electron chi connectivity index (χ0n) is 19.8. The van der Waals surface area contributed by atoms with E-state index >= 15 is 0 Å². The quantitative estimate of drug-likeness (QED) is 0.592. The summed E-state index contributed by atoms with van der Waals surface area (Å²) < 4.78 is 7.25. The van der Waals surface area contributed by atoms with Crippen LogP contribution in [0, 0.1) is 6.92 Å². The predicted octanol–water partition coefficient (Wildman–Crippen LogP) is 3.97. The maximum absolute atomic E-state index is 13.2. The molecule has 0 bridgehead atoms. The lowest BCUT2D eigenvalue weighted by Gasteiger charge is -2.34. The van der Waals surface area contributed by atoms with Gasteiger partial charge in [-0.1, -0.05) is 24.6 Å². The van der Waals surface area contributed by atoms with Crippen molar-refractivity contribution in [3.8, 4) is 11.3 Å². The zero-order chi connectivity index (χ0) is 24.4. The minimum absolute atomic E-state index is 0.0926. The van der Waals surface area contributed by atoms with Crippen LogP contribution in [0.2, 0.25) is 5.02 Å². The second kappa shape index (κ2) is 10.0. The van der Waals surface area contributed by atoms with Gasteiger partial charge in [0.25, 0.3) is 5.91 Å². The van der Waals surface area contributed by atoms with Gasteiger partial charge in [0.15, 0.2) is 0 Å². The lowest BCUT2D eigenvalue weighted by Crippen LogP contribution is -2.50. The van der Waals surface area contributed by atoms with Crippen molar-refractivity contribution in [2.24, 2.45) is 12.8 Å². The highest BCUT2D eigenvalue weighted by Crippen LogP contribution is 2.32. The van der Waals surface area contributed by atoms with Gasteiger partial charge in [-0.15, -0.1) is 0 Å². The summed E-state index contributed by atoms with van der Waals surface area (Å²) in [4.78, 5) is 33.5. The number of nitrogens with zero attached hydrogens (tertiary/aromatic N) is 4. The first kappa shape index (κ1) is 24.0. The van der Waals surface area contributed by atoms with E-state index in [1.807, 2.05) is 43.7 Å². The van der Waals surface area contributed by atoms with Crippen LogP contribution in [0.1, 0.15) is 35.1 Å². The monoisotopic (exact) mass is 483 g/mol. The molecule has 180 valence electrons. The zero-order valence-corrected chi connectivity index (χ0v) is 20.6. The molecule has 1 aliphatic heterocycles. The molecule has 2 amide bonds. The Bertz CT molecular complexity index is 1230. The number of aryl methyl sites for hydroxylation is 1. The highest BCUT2D eigenvalue weighted by atomic mass is 35.5. The minimum Gasteiger partial charge on any atom is -0.449 e. The van der Waals surface area contributed by atoms with E-state index in [1.54, 1.807) is 21.9 Å². The number of nitrogens with two attached hydrogens (primary N) is 1. The third-order valence-corrected chi connectivity index (χ3v) is 6.64. The fraction of sp³-hybridized carbons (Fsp3) is 0.400. The molecule has 0 atom stereocenters. The van der Waals surface area contributed by atoms with Crippen molar-refractivity contribution in [2.75, 3.05) is 32.8 Å². The molecule has 2 aromatic heterocycles. The van der Waals surface area contributed by atoms with Gasteiger partial charge >= 0.3 is 6.09 Å². The van der Waals surface area contributed by atoms with E-state index in [9.17, 15) is 9.59 Å². The van der Waals surface area contributed by atoms with Crippen molar-refractivity contribution in [1.82, 2.24) is 19.4 Å². The first-order chi connectivity index (χ1) is 16.3. The van der Waals surface area contributed by atoms with E-state index in [0.29, 0.717) is 55.4 Å². The first-order valence-corrected chi connectivity index (χ1v) is 11.9. The van der Waals surface area contributed by atoms with Crippen LogP contribution in [0.15, 0.2) is 30.3 Å². The van der Waals surface area contributed by atoms with Gasteiger partial charge in [0.05, 0.1) is 22.8 Å². The minimum atomic E-state index is -0.320. The van der Waals surface area contributed by atoms with E-state index in [4.69, 9.17) is 27.1 Å². The summed E-state index contributed by atoms with van der Waals surface area (Å²) in [5, 5.41) is 1.36. The van der Waals surface area contributed by atoms with Crippen LogP contribution in [0.3, 0.4) is 0 Å². The molecule has 1 aromatic carbocycles. The van der Waals surface area contributed by atoms with Gasteiger partial charge in [-0.2, -0.15) is 0 Å². The summed E-state index contributed by atoms with van der Waals surface area (Å²) in [6.45, 7) is 6.57. The number of halogens is 1. The Kier molecular flexibility index (Phi) is 7.09. The van der Waals surface area contributed by atoms with Crippen molar-refractivity contribution in [1.29, 1.82) is 0 Å². The SMILES string of the molecule is CCCOC(=O)N1CCN(C(=O)c2ccc3c(Cl)cc(-c4cc(C)n(C)c4CN)nc3c2)CC1. The maximum atomic E-state index is 13.2. The van der Waals surface area contributed by atoms with Crippen LogP contribution in [0.5, 0.6) is 0 Å². The lowest BCUT2D eigenvalue weighted by atomic mass is 10.1. The molecular formula is C25H30ClN5O3. The lowest BCUT2D eigenvalue weighted by molar-refractivity contribution is 0.0560. The molecule has 8 nitrogen and oxygen atoms in total. The Morgan fingerprint density at radius 1 is 1.12 bits per heavy atom. The average molecular weight is 484 g/mol. The van der Waals surface area contributed by atoms with E-state index in [-0.39, 0.29) is 12.0 Å². The highest BCUT2D eigenvalue weighted by Gasteiger charge is 2.26. The summed E-state index contributed by atoms with van der Waals surface area (Å²) >= 11 is 6.59. The molecule has 1 aliphatic rings. The number of fused-ring (bicyclic) bond motifs is 1. The van der Waals surface area contributed by atoms with Gasteiger partial charge in [-0.25, -0.2) is 9.78 Å². The van der Waals surface area contributed by atoms with E-state index in [2.05, 4.69) is 0 Å². The molecule has 0 spiro atoms. The fourth-order valence-corrected chi connectivity index (χ4v) is 4.53. The van der Waals surface area contributed by atoms with Crippen molar-refractivity contribution < 1.29 is 14.3 Å². The molecule has 0 aliphatic carbocycles. The molecule has 34 heavy (non-hydrogen) atoms. The molecule has 9 heteroatoms. The number of hydrogen-bond donors (Lipinski definition) is 1. The molecule has 3 aromatic rings. The van der Waals surface area contributed by atoms with Gasteiger partial charge in [0, 0.05) is 67.7 Å². The van der Waals surface area contributed by atoms with Crippen LogP contribution < -0.4 is 5.73 Å². The number of carbonyl (C=O) groups excluding carboxylic acids is 2. The van der Waals surface area contributed by atoms with Crippen LogP contribution in [-0.2, 0) is 18.3 Å². The van der Waals surface area contributed by atoms with Crippen LogP contribution >= 0.6 is 11.6 Å². The summed E-state index contributed by atoms with van der Waals surface area (Å²) in [6, 6.07) is 9.29. The topological polar surface area (TPSA) is 93.7 Å². The van der Waals surface area contributed by atoms with Crippen molar-refractivity contribution in [3.05, 3.63) is 52.3 Å². The second-order valence-electron chi connectivity index (χ2n) is 8.52. The van der Waals surface area contributed by atoms with E-state index < -0.39 is 0 Å². The highest BCUT2D eigenvalue weighted by molar-refractivity contribution is 6.35. The number of ether oxygens (including phenoxy) is 1. The molecule has 0 unspecified atom stereocenters. The molecular weight excluding hydrogens is 454 g/mol. The number of carbonyl (C=O) groups is 2. The number of rotatable bonds is 5. The number of hydrogen-bond acceptors (Lipinski definition) is 5. The summed E-state index contributed by atoms with van der Waals surface area (Å²) in [5.41, 5.74) is 10.9. The van der Waals surface area contributed by atoms with Crippen LogP contribution in [0.25, 0.3) is 22.2 Å². The Morgan fingerprint density at radius 3 is 2.50 bits per heavy atom. The normalized spacial score (nSPS) is 14.0. The standard InChI is InChI=1S/C25H30ClN5O3/c1-4-11-34-25(33)31-9-7-30(8-10-31)24(32)17-5-6-18-20(26)14-22(28-21(18)13-17)19-12-16(2)29(3)23(19)15-27/h5-6,12-14H,4,7-11,15,27H2,1-3H3. The second-order valence-corrected chi connectivity index (χ2v) is 8.93. The number of benzene rings is 1. The summed E-state index contributed by atoms with van der Waals surface area (Å²) in [6.07, 6.45) is 0.461. The van der Waals surface area contributed by atoms with Crippen molar-refractivity contribution >= 4 is 34.5 Å². The van der Waals surface area contributed by atoms with Crippen molar-refractivity contribution in [2.45, 2.75) is 26.8 Å². The Morgan fingerprint density at radius 2 is 1.82 bits per heavy atom. The number of amides is 2. The fourth-order valence-electron chi connectivity index (χ4n) is 4.26. The van der Waals surface area contributed by atoms with Gasteiger partial charge in [0.1, 0.15) is 0 Å². The first-order valence-electron chi connectivity index (χ1n) is 11.5. The van der Waals surface area contributed by atoms with Crippen LogP contribution in [0.4, 0.5) is 4.79 Å². The third-order valence-electron chi connectivity index (χ3n) is 6.33. The molecule has 4 rings (SSSR count). The van der Waals surface area contributed by atoms with Crippen LogP contribution in [-0.4, -0.2) is 64.1 Å². The Hall–Kier alpha value is -3.10. The molecule has 0 saturated carbocycles. The van der Waals surface area contributed by atoms with Gasteiger partial charge in [0.2, 0.25) is 0 Å². The molecule has 1 saturated heterocycles. The van der Waals surface area contributed by atoms with Gasteiger partial charge in [-0.3, -0.25) is 4.79 Å². The van der Waals surface area contributed by atoms with Gasteiger partial charge < -0.3 is 24.8 Å². The molecule has 1 fully saturated rings. The largest absolute Gasteiger partial charge is 0.449 e. The van der Waals surface area contributed by atoms with E-state index in [1.165, 1.54) is 0 Å². The predicted molar refractivity (Wildman–Crippen MR) is 133 cm³/mol. The van der Waals surface area contributed by atoms with Crippen molar-refractivity contribution in [3.63, 3.8) is 0 Å².